The summed E-state index contributed by atoms with van der Waals surface area (Å²) in [6.45, 7) is 6.63. The molecule has 1 amide bonds. The Balaban J connectivity index is 2.05. The van der Waals surface area contributed by atoms with Gasteiger partial charge >= 0.3 is 5.97 Å². The van der Waals surface area contributed by atoms with Gasteiger partial charge in [-0.1, -0.05) is 49.4 Å². The SMILES string of the molecule is CCOC(=O)CCN(Cc1ccccc1)C(=O)C(C)Oc1ccc(CC)cc1. The van der Waals surface area contributed by atoms with Crippen LogP contribution >= 0.6 is 0 Å². The lowest BCUT2D eigenvalue weighted by Gasteiger charge is -2.26. The second kappa shape index (κ2) is 11.1. The minimum absolute atomic E-state index is 0.157. The van der Waals surface area contributed by atoms with E-state index in [4.69, 9.17) is 9.47 Å². The Kier molecular flexibility index (Phi) is 8.53. The lowest BCUT2D eigenvalue weighted by molar-refractivity contribution is -0.145. The van der Waals surface area contributed by atoms with Crippen molar-refractivity contribution in [3.05, 3.63) is 65.7 Å². The van der Waals surface area contributed by atoms with Crippen molar-refractivity contribution in [1.29, 1.82) is 0 Å². The fourth-order valence-corrected chi connectivity index (χ4v) is 2.85. The van der Waals surface area contributed by atoms with Crippen LogP contribution in [0, 0.1) is 0 Å². The first-order chi connectivity index (χ1) is 13.5. The number of esters is 1. The van der Waals surface area contributed by atoms with Crippen molar-refractivity contribution < 1.29 is 19.1 Å². The molecule has 0 aliphatic rings. The largest absolute Gasteiger partial charge is 0.481 e. The highest BCUT2D eigenvalue weighted by Gasteiger charge is 2.23. The van der Waals surface area contributed by atoms with Gasteiger partial charge in [0.15, 0.2) is 6.10 Å². The molecule has 0 saturated heterocycles. The molecule has 0 spiro atoms. The van der Waals surface area contributed by atoms with Gasteiger partial charge in [-0.3, -0.25) is 9.59 Å². The van der Waals surface area contributed by atoms with Crippen LogP contribution < -0.4 is 4.74 Å². The van der Waals surface area contributed by atoms with Crippen LogP contribution in [0.2, 0.25) is 0 Å². The zero-order valence-electron chi connectivity index (χ0n) is 16.9. The highest BCUT2D eigenvalue weighted by Crippen LogP contribution is 2.16. The predicted octanol–water partition coefficient (Wildman–Crippen LogP) is 4.00. The predicted molar refractivity (Wildman–Crippen MR) is 109 cm³/mol. The van der Waals surface area contributed by atoms with Gasteiger partial charge in [-0.05, 0) is 43.5 Å². The number of hydrogen-bond donors (Lipinski definition) is 0. The second-order valence-electron chi connectivity index (χ2n) is 6.56. The highest BCUT2D eigenvalue weighted by atomic mass is 16.5. The molecule has 150 valence electrons. The van der Waals surface area contributed by atoms with Crippen LogP contribution in [0.5, 0.6) is 5.75 Å². The lowest BCUT2D eigenvalue weighted by Crippen LogP contribution is -2.41. The van der Waals surface area contributed by atoms with Crippen molar-refractivity contribution in [2.45, 2.75) is 46.3 Å². The van der Waals surface area contributed by atoms with E-state index in [9.17, 15) is 9.59 Å². The Morgan fingerprint density at radius 1 is 0.964 bits per heavy atom. The summed E-state index contributed by atoms with van der Waals surface area (Å²) in [7, 11) is 0. The Bertz CT molecular complexity index is 743. The van der Waals surface area contributed by atoms with E-state index in [0.29, 0.717) is 18.9 Å². The van der Waals surface area contributed by atoms with Gasteiger partial charge < -0.3 is 14.4 Å². The van der Waals surface area contributed by atoms with Crippen LogP contribution in [0.1, 0.15) is 38.3 Å². The molecule has 2 rings (SSSR count). The monoisotopic (exact) mass is 383 g/mol. The van der Waals surface area contributed by atoms with Crippen LogP contribution in [0.15, 0.2) is 54.6 Å². The van der Waals surface area contributed by atoms with Crippen LogP contribution in [-0.4, -0.2) is 36.0 Å². The van der Waals surface area contributed by atoms with Crippen LogP contribution in [0.4, 0.5) is 0 Å². The van der Waals surface area contributed by atoms with E-state index in [-0.39, 0.29) is 24.8 Å². The van der Waals surface area contributed by atoms with E-state index in [1.807, 2.05) is 54.6 Å². The molecule has 0 aliphatic carbocycles. The van der Waals surface area contributed by atoms with Crippen molar-refractivity contribution in [2.75, 3.05) is 13.2 Å². The number of aryl methyl sites for hydroxylation is 1. The average Bonchev–Trinajstić information content (AvgIpc) is 2.72. The Labute approximate surface area is 167 Å². The third-order valence-electron chi connectivity index (χ3n) is 4.41. The number of benzene rings is 2. The van der Waals surface area contributed by atoms with Crippen LogP contribution in [0.25, 0.3) is 0 Å². The van der Waals surface area contributed by atoms with Crippen LogP contribution in [0.3, 0.4) is 0 Å². The third kappa shape index (κ3) is 6.72. The molecule has 0 aliphatic heterocycles. The molecule has 0 radical (unpaired) electrons. The first-order valence-electron chi connectivity index (χ1n) is 9.77. The van der Waals surface area contributed by atoms with Gasteiger partial charge in [-0.25, -0.2) is 0 Å². The van der Waals surface area contributed by atoms with Gasteiger partial charge in [0, 0.05) is 13.1 Å². The standard InChI is InChI=1S/C23H29NO4/c1-4-19-11-13-21(14-12-19)28-18(3)23(26)24(16-15-22(25)27-5-2)17-20-9-7-6-8-10-20/h6-14,18H,4-5,15-17H2,1-3H3. The zero-order chi connectivity index (χ0) is 20.4. The number of nitrogens with zero attached hydrogens (tertiary/aromatic N) is 1. The molecule has 0 heterocycles. The van der Waals surface area contributed by atoms with E-state index in [1.54, 1.807) is 18.7 Å². The van der Waals surface area contributed by atoms with E-state index < -0.39 is 6.10 Å². The second-order valence-corrected chi connectivity index (χ2v) is 6.56. The molecule has 0 aromatic heterocycles. The third-order valence-corrected chi connectivity index (χ3v) is 4.41. The molecule has 1 unspecified atom stereocenters. The fourth-order valence-electron chi connectivity index (χ4n) is 2.85. The number of rotatable bonds is 10. The normalized spacial score (nSPS) is 11.5. The molecule has 2 aromatic carbocycles. The smallest absolute Gasteiger partial charge is 0.307 e. The number of ether oxygens (including phenoxy) is 2. The first kappa shape index (κ1) is 21.5. The maximum Gasteiger partial charge on any atom is 0.307 e. The number of carbonyl (C=O) groups excluding carboxylic acids is 2. The maximum absolute atomic E-state index is 13.0. The average molecular weight is 383 g/mol. The van der Waals surface area contributed by atoms with Crippen molar-refractivity contribution in [1.82, 2.24) is 4.90 Å². The molecular weight excluding hydrogens is 354 g/mol. The van der Waals surface area contributed by atoms with E-state index in [1.165, 1.54) is 5.56 Å². The summed E-state index contributed by atoms with van der Waals surface area (Å²) in [6.07, 6.45) is 0.455. The molecule has 5 heteroatoms. The van der Waals surface area contributed by atoms with Crippen molar-refractivity contribution >= 4 is 11.9 Å². The number of amides is 1. The van der Waals surface area contributed by atoms with Gasteiger partial charge in [-0.15, -0.1) is 0 Å². The van der Waals surface area contributed by atoms with Crippen molar-refractivity contribution in [3.63, 3.8) is 0 Å². The van der Waals surface area contributed by atoms with Crippen LogP contribution in [-0.2, 0) is 27.3 Å². The summed E-state index contributed by atoms with van der Waals surface area (Å²) >= 11 is 0. The molecule has 1 atom stereocenters. The topological polar surface area (TPSA) is 55.8 Å². The number of carbonyl (C=O) groups is 2. The van der Waals surface area contributed by atoms with Gasteiger partial charge in [0.2, 0.25) is 0 Å². The maximum atomic E-state index is 13.0. The molecular formula is C23H29NO4. The first-order valence-corrected chi connectivity index (χ1v) is 9.77. The molecule has 2 aromatic rings. The van der Waals surface area contributed by atoms with Gasteiger partial charge in [-0.2, -0.15) is 0 Å². The Hall–Kier alpha value is -2.82. The molecule has 0 saturated carbocycles. The summed E-state index contributed by atoms with van der Waals surface area (Å²) in [6, 6.07) is 17.5. The molecule has 0 N–H and O–H groups in total. The summed E-state index contributed by atoms with van der Waals surface area (Å²) in [4.78, 5) is 26.4. The van der Waals surface area contributed by atoms with Gasteiger partial charge in [0.1, 0.15) is 5.75 Å². The minimum atomic E-state index is -0.654. The summed E-state index contributed by atoms with van der Waals surface area (Å²) in [5.74, 6) is 0.188. The highest BCUT2D eigenvalue weighted by molar-refractivity contribution is 5.81. The van der Waals surface area contributed by atoms with Crippen molar-refractivity contribution in [2.24, 2.45) is 0 Å². The Morgan fingerprint density at radius 3 is 2.25 bits per heavy atom. The summed E-state index contributed by atoms with van der Waals surface area (Å²) in [5.41, 5.74) is 2.21. The van der Waals surface area contributed by atoms with E-state index in [2.05, 4.69) is 6.92 Å². The minimum Gasteiger partial charge on any atom is -0.481 e. The van der Waals surface area contributed by atoms with Crippen molar-refractivity contribution in [3.8, 4) is 5.75 Å². The quantitative estimate of drug-likeness (QED) is 0.582. The zero-order valence-corrected chi connectivity index (χ0v) is 16.9. The molecule has 0 bridgehead atoms. The van der Waals surface area contributed by atoms with Gasteiger partial charge in [0.25, 0.3) is 5.91 Å². The fraction of sp³-hybridized carbons (Fsp3) is 0.391. The Morgan fingerprint density at radius 2 is 1.64 bits per heavy atom. The van der Waals surface area contributed by atoms with E-state index in [0.717, 1.165) is 12.0 Å². The number of hydrogen-bond acceptors (Lipinski definition) is 4. The molecule has 0 fully saturated rings. The van der Waals surface area contributed by atoms with E-state index >= 15 is 0 Å². The lowest BCUT2D eigenvalue weighted by atomic mass is 10.1. The molecule has 5 nitrogen and oxygen atoms in total. The molecule has 28 heavy (non-hydrogen) atoms. The summed E-state index contributed by atoms with van der Waals surface area (Å²) < 4.78 is 10.8. The summed E-state index contributed by atoms with van der Waals surface area (Å²) in [5, 5.41) is 0. The van der Waals surface area contributed by atoms with Gasteiger partial charge in [0.05, 0.1) is 13.0 Å².